The quantitative estimate of drug-likeness (QED) is 0.906. The zero-order valence-electron chi connectivity index (χ0n) is 12.5. The van der Waals surface area contributed by atoms with E-state index < -0.39 is 0 Å². The van der Waals surface area contributed by atoms with E-state index in [0.29, 0.717) is 17.8 Å². The first-order valence-corrected chi connectivity index (χ1v) is 7.85. The number of halogens is 1. The largest absolute Gasteiger partial charge is 0.346 e. The summed E-state index contributed by atoms with van der Waals surface area (Å²) < 4.78 is 15.5. The molecule has 0 amide bonds. The molecule has 0 spiro atoms. The molecule has 1 aliphatic carbocycles. The highest BCUT2D eigenvalue weighted by molar-refractivity contribution is 4.98. The van der Waals surface area contributed by atoms with Gasteiger partial charge in [0, 0.05) is 13.1 Å². The average Bonchev–Trinajstić information content (AvgIpc) is 2.80. The van der Waals surface area contributed by atoms with Gasteiger partial charge in [0.2, 0.25) is 0 Å². The van der Waals surface area contributed by atoms with Crippen molar-refractivity contribution < 1.29 is 4.39 Å². The van der Waals surface area contributed by atoms with Crippen molar-refractivity contribution in [2.75, 3.05) is 6.54 Å². The van der Waals surface area contributed by atoms with Crippen LogP contribution in [0, 0.1) is 5.92 Å². The molecule has 1 aliphatic rings. The van der Waals surface area contributed by atoms with Gasteiger partial charge in [-0.3, -0.25) is 4.57 Å². The van der Waals surface area contributed by atoms with Gasteiger partial charge in [0.1, 0.15) is 6.33 Å². The normalized spacial score (nSPS) is 18.5. The lowest BCUT2D eigenvalue weighted by Crippen LogP contribution is -2.28. The van der Waals surface area contributed by atoms with Crippen LogP contribution in [0.4, 0.5) is 4.39 Å². The van der Waals surface area contributed by atoms with Crippen LogP contribution in [0.3, 0.4) is 0 Å². The predicted molar refractivity (Wildman–Crippen MR) is 80.5 cm³/mol. The van der Waals surface area contributed by atoms with Gasteiger partial charge in [-0.15, -0.1) is 0 Å². The Morgan fingerprint density at radius 3 is 2.62 bits per heavy atom. The summed E-state index contributed by atoms with van der Waals surface area (Å²) in [5.41, 5.74) is 5.60. The third-order valence-corrected chi connectivity index (χ3v) is 4.25. The van der Waals surface area contributed by atoms with Gasteiger partial charge >= 0.3 is 5.69 Å². The fraction of sp³-hybridized carbons (Fsp3) is 0.733. The lowest BCUT2D eigenvalue weighted by molar-refractivity contribution is 0.334. The summed E-state index contributed by atoms with van der Waals surface area (Å²) >= 11 is 0. The van der Waals surface area contributed by atoms with Crippen molar-refractivity contribution in [1.29, 1.82) is 0 Å². The second-order valence-corrected chi connectivity index (χ2v) is 5.91. The Morgan fingerprint density at radius 1 is 1.33 bits per heavy atom. The molecule has 2 N–H and O–H groups in total. The number of nitrogens with two attached hydrogens (primary N) is 1. The van der Waals surface area contributed by atoms with E-state index in [0.717, 1.165) is 6.54 Å². The number of nitrogens with zero attached hydrogens (tertiary/aromatic N) is 3. The Hall–Kier alpha value is -1.43. The Kier molecular flexibility index (Phi) is 6.17. The second kappa shape index (κ2) is 8.12. The lowest BCUT2D eigenvalue weighted by atomic mass is 9.91. The van der Waals surface area contributed by atoms with Crippen LogP contribution in [-0.2, 0) is 13.1 Å². The number of hydrogen-bond donors (Lipinski definition) is 1. The van der Waals surface area contributed by atoms with Crippen LogP contribution in [0.25, 0.3) is 0 Å². The Bertz CT molecular complexity index is 512. The van der Waals surface area contributed by atoms with Gasteiger partial charge in [-0.25, -0.2) is 13.9 Å². The van der Waals surface area contributed by atoms with E-state index in [2.05, 4.69) is 5.10 Å². The molecule has 21 heavy (non-hydrogen) atoms. The maximum absolute atomic E-state index is 12.5. The summed E-state index contributed by atoms with van der Waals surface area (Å²) in [7, 11) is 0. The summed E-state index contributed by atoms with van der Waals surface area (Å²) in [4.78, 5) is 12.2. The molecule has 6 heteroatoms. The standard InChI is InChI=1S/C15H25FN4O/c16-8-14(9-17)11-20-15(21)19(12-18-20)10-13-6-4-2-1-3-5-7-13/h8,12-13H,1-7,9-11,17H2/b14-8+. The Balaban J connectivity index is 2.00. The van der Waals surface area contributed by atoms with Crippen molar-refractivity contribution >= 4 is 0 Å². The molecule has 0 saturated heterocycles. The fourth-order valence-corrected chi connectivity index (χ4v) is 2.94. The fourth-order valence-electron chi connectivity index (χ4n) is 2.94. The summed E-state index contributed by atoms with van der Waals surface area (Å²) in [5, 5.41) is 4.06. The van der Waals surface area contributed by atoms with E-state index in [4.69, 9.17) is 5.73 Å². The molecule has 1 aromatic rings. The van der Waals surface area contributed by atoms with Crippen molar-refractivity contribution in [3.05, 3.63) is 28.7 Å². The first-order chi connectivity index (χ1) is 10.2. The molecule has 1 aromatic heterocycles. The van der Waals surface area contributed by atoms with Gasteiger partial charge in [-0.05, 0) is 24.3 Å². The van der Waals surface area contributed by atoms with E-state index in [1.807, 2.05) is 0 Å². The Labute approximate surface area is 124 Å². The molecule has 0 aromatic carbocycles. The molecular formula is C15H25FN4O. The van der Waals surface area contributed by atoms with Crippen molar-refractivity contribution in [2.24, 2.45) is 11.7 Å². The highest BCUT2D eigenvalue weighted by Gasteiger charge is 2.14. The minimum Gasteiger partial charge on any atom is -0.327 e. The van der Waals surface area contributed by atoms with Crippen LogP contribution in [0.15, 0.2) is 23.0 Å². The van der Waals surface area contributed by atoms with Gasteiger partial charge in [-0.2, -0.15) is 5.10 Å². The zero-order valence-corrected chi connectivity index (χ0v) is 12.5. The number of hydrogen-bond acceptors (Lipinski definition) is 3. The van der Waals surface area contributed by atoms with Crippen LogP contribution >= 0.6 is 0 Å². The number of aromatic nitrogens is 3. The molecule has 118 valence electrons. The van der Waals surface area contributed by atoms with E-state index >= 15 is 0 Å². The average molecular weight is 296 g/mol. The first-order valence-electron chi connectivity index (χ1n) is 7.85. The highest BCUT2D eigenvalue weighted by atomic mass is 19.1. The predicted octanol–water partition coefficient (Wildman–Crippen LogP) is 2.22. The van der Waals surface area contributed by atoms with Gasteiger partial charge in [0.15, 0.2) is 0 Å². The van der Waals surface area contributed by atoms with Crippen LogP contribution in [0.5, 0.6) is 0 Å². The maximum atomic E-state index is 12.5. The smallest absolute Gasteiger partial charge is 0.327 e. The van der Waals surface area contributed by atoms with Crippen LogP contribution in [-0.4, -0.2) is 20.9 Å². The molecule has 0 radical (unpaired) electrons. The lowest BCUT2D eigenvalue weighted by Gasteiger charge is -2.19. The van der Waals surface area contributed by atoms with Crippen molar-refractivity contribution in [3.8, 4) is 0 Å². The van der Waals surface area contributed by atoms with Gasteiger partial charge in [0.05, 0.1) is 12.9 Å². The minimum atomic E-state index is -0.176. The van der Waals surface area contributed by atoms with Crippen LogP contribution in [0.1, 0.15) is 44.9 Å². The van der Waals surface area contributed by atoms with Gasteiger partial charge in [-0.1, -0.05) is 32.1 Å². The van der Waals surface area contributed by atoms with Crippen molar-refractivity contribution in [3.63, 3.8) is 0 Å². The molecule has 1 saturated carbocycles. The molecule has 2 rings (SSSR count). The molecule has 1 heterocycles. The van der Waals surface area contributed by atoms with Crippen LogP contribution < -0.4 is 11.4 Å². The molecule has 0 aliphatic heterocycles. The third-order valence-electron chi connectivity index (χ3n) is 4.25. The maximum Gasteiger partial charge on any atom is 0.346 e. The van der Waals surface area contributed by atoms with Gasteiger partial charge in [0.25, 0.3) is 0 Å². The third kappa shape index (κ3) is 4.52. The van der Waals surface area contributed by atoms with E-state index in [1.54, 1.807) is 10.9 Å². The van der Waals surface area contributed by atoms with Crippen molar-refractivity contribution in [2.45, 2.75) is 58.0 Å². The summed E-state index contributed by atoms with van der Waals surface area (Å²) in [6, 6.07) is 0. The van der Waals surface area contributed by atoms with Crippen molar-refractivity contribution in [1.82, 2.24) is 14.3 Å². The summed E-state index contributed by atoms with van der Waals surface area (Å²) in [6.45, 7) is 0.943. The zero-order chi connectivity index (χ0) is 15.1. The molecular weight excluding hydrogens is 271 g/mol. The van der Waals surface area contributed by atoms with E-state index in [9.17, 15) is 9.18 Å². The summed E-state index contributed by atoms with van der Waals surface area (Å²) in [5.74, 6) is 0.548. The molecule has 1 fully saturated rings. The monoisotopic (exact) mass is 296 g/mol. The van der Waals surface area contributed by atoms with Crippen LogP contribution in [0.2, 0.25) is 0 Å². The Morgan fingerprint density at radius 2 is 2.00 bits per heavy atom. The molecule has 5 nitrogen and oxygen atoms in total. The molecule has 0 unspecified atom stereocenters. The highest BCUT2D eigenvalue weighted by Crippen LogP contribution is 2.23. The SMILES string of the molecule is NC/C(=C\F)Cn1ncn(CC2CCCCCCC2)c1=O. The molecule has 0 atom stereocenters. The summed E-state index contributed by atoms with van der Waals surface area (Å²) in [6.07, 6.45) is 10.8. The van der Waals surface area contributed by atoms with E-state index in [1.165, 1.54) is 49.6 Å². The minimum absolute atomic E-state index is 0.0957. The second-order valence-electron chi connectivity index (χ2n) is 5.91. The first kappa shape index (κ1) is 15.9. The number of rotatable bonds is 5. The topological polar surface area (TPSA) is 65.8 Å². The van der Waals surface area contributed by atoms with Gasteiger partial charge < -0.3 is 5.73 Å². The molecule has 0 bridgehead atoms. The van der Waals surface area contributed by atoms with E-state index in [-0.39, 0.29) is 18.8 Å².